The molecule has 0 saturated carbocycles. The van der Waals surface area contributed by atoms with Crippen molar-refractivity contribution in [2.24, 2.45) is 0 Å². The van der Waals surface area contributed by atoms with E-state index in [0.717, 1.165) is 10.8 Å². The predicted molar refractivity (Wildman–Crippen MR) is 51.0 cm³/mol. The highest BCUT2D eigenvalue weighted by Gasteiger charge is 2.17. The number of hydrogen-bond donors (Lipinski definition) is 0. The summed E-state index contributed by atoms with van der Waals surface area (Å²) in [5.74, 6) is 0. The van der Waals surface area contributed by atoms with Gasteiger partial charge in [0.05, 0.1) is 0 Å². The van der Waals surface area contributed by atoms with E-state index >= 15 is 0 Å². The van der Waals surface area contributed by atoms with Crippen LogP contribution < -0.4 is 0 Å². The Hall–Kier alpha value is -0.850. The van der Waals surface area contributed by atoms with Gasteiger partial charge < -0.3 is 0 Å². The maximum absolute atomic E-state index is 11.1. The Morgan fingerprint density at radius 3 is 2.71 bits per heavy atom. The average Bonchev–Trinajstić information content (AvgIpc) is 2.47. The highest BCUT2D eigenvalue weighted by Crippen LogP contribution is 2.21. The van der Waals surface area contributed by atoms with Crippen LogP contribution in [0, 0.1) is 0 Å². The van der Waals surface area contributed by atoms with Crippen molar-refractivity contribution in [2.75, 3.05) is 0 Å². The van der Waals surface area contributed by atoms with Crippen molar-refractivity contribution in [3.63, 3.8) is 0 Å². The lowest BCUT2D eigenvalue weighted by molar-refractivity contribution is 0.601. The molecular weight excluding hydrogens is 249 g/mol. The van der Waals surface area contributed by atoms with Gasteiger partial charge in [-0.1, -0.05) is 11.6 Å². The third-order valence-corrected chi connectivity index (χ3v) is 3.19. The van der Waals surface area contributed by atoms with Crippen LogP contribution in [-0.2, 0) is 9.05 Å². The molecule has 0 N–H and O–H groups in total. The third kappa shape index (κ3) is 1.45. The molecule has 0 spiro atoms. The Morgan fingerprint density at radius 2 is 2.07 bits per heavy atom. The fourth-order valence-electron chi connectivity index (χ4n) is 1.06. The highest BCUT2D eigenvalue weighted by molar-refractivity contribution is 8.13. The minimum Gasteiger partial charge on any atom is -0.221 e. The summed E-state index contributed by atoms with van der Waals surface area (Å²) < 4.78 is 23.2. The summed E-state index contributed by atoms with van der Waals surface area (Å²) in [7, 11) is 1.36. The predicted octanol–water partition coefficient (Wildman–Crippen LogP) is 1.31. The molecule has 0 aliphatic rings. The molecule has 0 aliphatic carbocycles. The van der Waals surface area contributed by atoms with Crippen LogP contribution in [0.2, 0.25) is 5.15 Å². The maximum Gasteiger partial charge on any atom is 0.278 e. The fraction of sp³-hybridized carbons (Fsp3) is 0. The molecule has 14 heavy (non-hydrogen) atoms. The summed E-state index contributed by atoms with van der Waals surface area (Å²) in [6.45, 7) is 0. The minimum atomic E-state index is -3.82. The van der Waals surface area contributed by atoms with Crippen LogP contribution in [0.4, 0.5) is 0 Å². The first-order valence-electron chi connectivity index (χ1n) is 3.43. The van der Waals surface area contributed by atoms with Crippen LogP contribution in [0.25, 0.3) is 5.52 Å². The second-order valence-electron chi connectivity index (χ2n) is 2.46. The van der Waals surface area contributed by atoms with Gasteiger partial charge in [-0.25, -0.2) is 17.9 Å². The van der Waals surface area contributed by atoms with Gasteiger partial charge in [-0.05, 0) is 12.1 Å². The van der Waals surface area contributed by atoms with Gasteiger partial charge in [0.15, 0.2) is 10.2 Å². The zero-order valence-corrected chi connectivity index (χ0v) is 8.88. The molecule has 0 radical (unpaired) electrons. The van der Waals surface area contributed by atoms with E-state index in [1.54, 1.807) is 0 Å². The second kappa shape index (κ2) is 3.08. The Bertz CT molecular complexity index is 592. The second-order valence-corrected chi connectivity index (χ2v) is 5.33. The van der Waals surface area contributed by atoms with E-state index in [0.29, 0.717) is 5.52 Å². The monoisotopic (exact) mass is 251 g/mol. The lowest BCUT2D eigenvalue weighted by Crippen LogP contribution is -2.01. The zero-order valence-electron chi connectivity index (χ0n) is 6.55. The highest BCUT2D eigenvalue weighted by atomic mass is 35.7. The molecule has 0 atom stereocenters. The molecule has 0 amide bonds. The standard InChI is InChI=1S/C6H3Cl2N3O2S/c7-6-4-1-2-5(14(8,12)13)11(4)10-3-9-6/h1-3H. The average molecular weight is 252 g/mol. The molecule has 2 heterocycles. The normalized spacial score (nSPS) is 12.1. The van der Waals surface area contributed by atoms with Crippen molar-refractivity contribution in [1.29, 1.82) is 0 Å². The lowest BCUT2D eigenvalue weighted by atomic mass is 10.5. The minimum absolute atomic E-state index is 0.126. The Kier molecular flexibility index (Phi) is 2.13. The summed E-state index contributed by atoms with van der Waals surface area (Å²) in [4.78, 5) is 3.70. The number of fused-ring (bicyclic) bond motifs is 1. The van der Waals surface area contributed by atoms with Gasteiger partial charge in [0, 0.05) is 10.7 Å². The van der Waals surface area contributed by atoms with Crippen LogP contribution in [0.1, 0.15) is 0 Å². The Labute approximate surface area is 88.7 Å². The quantitative estimate of drug-likeness (QED) is 0.718. The Balaban J connectivity index is 2.90. The van der Waals surface area contributed by atoms with Crippen LogP contribution >= 0.6 is 22.3 Å². The van der Waals surface area contributed by atoms with Crippen molar-refractivity contribution in [1.82, 2.24) is 14.6 Å². The topological polar surface area (TPSA) is 64.3 Å². The van der Waals surface area contributed by atoms with Crippen LogP contribution in [0.3, 0.4) is 0 Å². The van der Waals surface area contributed by atoms with Crippen LogP contribution in [-0.4, -0.2) is 23.0 Å². The van der Waals surface area contributed by atoms with E-state index < -0.39 is 9.05 Å². The summed E-state index contributed by atoms with van der Waals surface area (Å²) in [5, 5.41) is 3.77. The van der Waals surface area contributed by atoms with E-state index in [9.17, 15) is 8.42 Å². The summed E-state index contributed by atoms with van der Waals surface area (Å²) in [6.07, 6.45) is 1.15. The third-order valence-electron chi connectivity index (χ3n) is 1.62. The molecule has 74 valence electrons. The van der Waals surface area contributed by atoms with Crippen molar-refractivity contribution in [3.8, 4) is 0 Å². The molecule has 2 aromatic heterocycles. The molecule has 0 bridgehead atoms. The first-order chi connectivity index (χ1) is 6.50. The molecule has 2 aromatic rings. The van der Waals surface area contributed by atoms with Crippen LogP contribution in [0.15, 0.2) is 23.5 Å². The van der Waals surface area contributed by atoms with Gasteiger partial charge in [-0.3, -0.25) is 0 Å². The molecule has 0 aromatic carbocycles. The van der Waals surface area contributed by atoms with Crippen LogP contribution in [0.5, 0.6) is 0 Å². The number of rotatable bonds is 1. The van der Waals surface area contributed by atoms with Crippen molar-refractivity contribution < 1.29 is 8.42 Å². The first-order valence-corrected chi connectivity index (χ1v) is 6.12. The molecule has 8 heteroatoms. The molecule has 2 rings (SSSR count). The maximum atomic E-state index is 11.1. The summed E-state index contributed by atoms with van der Waals surface area (Å²) in [6, 6.07) is 2.80. The van der Waals surface area contributed by atoms with E-state index in [1.165, 1.54) is 12.1 Å². The molecule has 0 fully saturated rings. The number of halogens is 2. The molecule has 0 aliphatic heterocycles. The van der Waals surface area contributed by atoms with E-state index in [4.69, 9.17) is 22.3 Å². The van der Waals surface area contributed by atoms with Gasteiger partial charge in [-0.15, -0.1) is 0 Å². The van der Waals surface area contributed by atoms with Crippen molar-refractivity contribution in [3.05, 3.63) is 23.6 Å². The molecular formula is C6H3Cl2N3O2S. The fourth-order valence-corrected chi connectivity index (χ4v) is 2.18. The van der Waals surface area contributed by atoms with Gasteiger partial charge >= 0.3 is 0 Å². The van der Waals surface area contributed by atoms with Gasteiger partial charge in [0.25, 0.3) is 9.05 Å². The molecule has 0 unspecified atom stereocenters. The Morgan fingerprint density at radius 1 is 1.36 bits per heavy atom. The van der Waals surface area contributed by atoms with E-state index in [2.05, 4.69) is 10.1 Å². The number of hydrogen-bond acceptors (Lipinski definition) is 4. The smallest absolute Gasteiger partial charge is 0.221 e. The first kappa shape index (κ1) is 9.70. The largest absolute Gasteiger partial charge is 0.278 e. The molecule has 0 saturated heterocycles. The van der Waals surface area contributed by atoms with Crippen molar-refractivity contribution >= 4 is 36.9 Å². The summed E-state index contributed by atoms with van der Waals surface area (Å²) >= 11 is 5.71. The van der Waals surface area contributed by atoms with Gasteiger partial charge in [-0.2, -0.15) is 5.10 Å². The van der Waals surface area contributed by atoms with Crippen molar-refractivity contribution in [2.45, 2.75) is 5.03 Å². The van der Waals surface area contributed by atoms with E-state index in [1.807, 2.05) is 0 Å². The van der Waals surface area contributed by atoms with Gasteiger partial charge in [0.2, 0.25) is 0 Å². The number of nitrogens with zero attached hydrogens (tertiary/aromatic N) is 3. The SMILES string of the molecule is O=S(=O)(Cl)c1ccc2c(Cl)ncnn12. The van der Waals surface area contributed by atoms with Gasteiger partial charge in [0.1, 0.15) is 11.8 Å². The zero-order chi connectivity index (χ0) is 10.3. The number of aromatic nitrogens is 3. The lowest BCUT2D eigenvalue weighted by Gasteiger charge is -1.97. The summed E-state index contributed by atoms with van der Waals surface area (Å²) in [5.41, 5.74) is 0.397. The van der Waals surface area contributed by atoms with E-state index in [-0.39, 0.29) is 10.2 Å². The molecule has 5 nitrogen and oxygen atoms in total.